The van der Waals surface area contributed by atoms with Crippen LogP contribution in [0, 0.1) is 11.3 Å². The number of halogens is 3. The van der Waals surface area contributed by atoms with Crippen LogP contribution in [0.4, 0.5) is 8.78 Å². The van der Waals surface area contributed by atoms with Gasteiger partial charge in [0.05, 0.1) is 23.1 Å². The van der Waals surface area contributed by atoms with Crippen molar-refractivity contribution in [2.45, 2.75) is 25.3 Å². The zero-order valence-electron chi connectivity index (χ0n) is 11.4. The topological polar surface area (TPSA) is 50.8 Å². The summed E-state index contributed by atoms with van der Waals surface area (Å²) in [6, 6.07) is 7.33. The summed E-state index contributed by atoms with van der Waals surface area (Å²) in [6.07, 6.45) is -2.49. The van der Waals surface area contributed by atoms with Crippen LogP contribution in [0.5, 0.6) is 0 Å². The molecule has 0 aliphatic rings. The fourth-order valence-electron chi connectivity index (χ4n) is 2.12. The van der Waals surface area contributed by atoms with Crippen molar-refractivity contribution in [1.82, 2.24) is 9.55 Å². The van der Waals surface area contributed by atoms with Crippen molar-refractivity contribution in [1.29, 1.82) is 5.26 Å². The number of hydrogen-bond acceptors (Lipinski definition) is 3. The van der Waals surface area contributed by atoms with Crippen LogP contribution in [-0.4, -0.2) is 29.2 Å². The minimum Gasteiger partial charge on any atom is -0.374 e. The lowest BCUT2D eigenvalue weighted by molar-refractivity contribution is 0.0148. The van der Waals surface area contributed by atoms with Crippen molar-refractivity contribution in [3.05, 3.63) is 29.6 Å². The van der Waals surface area contributed by atoms with E-state index in [9.17, 15) is 8.78 Å². The molecule has 0 aliphatic heterocycles. The number of fused-ring (bicyclic) bond motifs is 1. The molecule has 0 radical (unpaired) electrons. The van der Waals surface area contributed by atoms with E-state index in [-0.39, 0.29) is 12.0 Å². The summed E-state index contributed by atoms with van der Waals surface area (Å²) >= 11 is 6.11. The fraction of sp³-hybridized carbons (Fsp3) is 0.429. The van der Waals surface area contributed by atoms with Crippen LogP contribution in [-0.2, 0) is 11.3 Å². The number of rotatable bonds is 6. The smallest absolute Gasteiger partial charge is 0.261 e. The quantitative estimate of drug-likeness (QED) is 0.606. The van der Waals surface area contributed by atoms with Crippen molar-refractivity contribution >= 4 is 22.6 Å². The average Bonchev–Trinajstić information content (AvgIpc) is 2.82. The molecule has 0 saturated heterocycles. The number of para-hydroxylation sites is 1. The first kappa shape index (κ1) is 15.7. The van der Waals surface area contributed by atoms with Crippen molar-refractivity contribution in [2.24, 2.45) is 0 Å². The first-order chi connectivity index (χ1) is 10.0. The normalized spacial score (nSPS) is 12.8. The number of nitrogens with zero attached hydrogens (tertiary/aromatic N) is 3. The van der Waals surface area contributed by atoms with E-state index in [0.717, 1.165) is 5.52 Å². The number of nitriles is 1. The molecular weight excluding hydrogens is 300 g/mol. The number of ether oxygens (including phenoxy) is 1. The standard InChI is InChI=1S/C14H14ClF2N3O/c1-9(15)14-19-13-10(7-18)3-2-4-11(13)20(14)5-6-21-8-12(16)17/h2-4,9,12H,5-6,8H2,1H3. The van der Waals surface area contributed by atoms with Crippen LogP contribution in [0.25, 0.3) is 11.0 Å². The summed E-state index contributed by atoms with van der Waals surface area (Å²) in [6.45, 7) is 1.65. The van der Waals surface area contributed by atoms with Crippen LogP contribution < -0.4 is 0 Å². The molecule has 0 amide bonds. The second-order valence-electron chi connectivity index (χ2n) is 4.49. The zero-order valence-corrected chi connectivity index (χ0v) is 12.1. The van der Waals surface area contributed by atoms with Crippen LogP contribution in [0.1, 0.15) is 23.7 Å². The predicted octanol–water partition coefficient (Wildman–Crippen LogP) is 3.49. The predicted molar refractivity (Wildman–Crippen MR) is 75.5 cm³/mol. The molecule has 0 bridgehead atoms. The highest BCUT2D eigenvalue weighted by molar-refractivity contribution is 6.20. The first-order valence-electron chi connectivity index (χ1n) is 6.43. The summed E-state index contributed by atoms with van der Waals surface area (Å²) in [5.74, 6) is 0.593. The molecule has 0 N–H and O–H groups in total. The van der Waals surface area contributed by atoms with Gasteiger partial charge in [0.2, 0.25) is 0 Å². The number of alkyl halides is 3. The third-order valence-corrected chi connectivity index (χ3v) is 3.18. The largest absolute Gasteiger partial charge is 0.374 e. The summed E-state index contributed by atoms with van der Waals surface area (Å²) in [4.78, 5) is 4.40. The molecule has 1 aromatic carbocycles. The molecule has 7 heteroatoms. The molecule has 2 aromatic rings. The Balaban J connectivity index is 2.32. The van der Waals surface area contributed by atoms with Gasteiger partial charge in [-0.05, 0) is 19.1 Å². The number of imidazole rings is 1. The fourth-order valence-corrected chi connectivity index (χ4v) is 2.29. The Bertz CT molecular complexity index is 664. The Morgan fingerprint density at radius 1 is 1.48 bits per heavy atom. The Labute approximate surface area is 125 Å². The third kappa shape index (κ3) is 3.49. The lowest BCUT2D eigenvalue weighted by Gasteiger charge is -2.10. The van der Waals surface area contributed by atoms with E-state index in [1.807, 2.05) is 6.07 Å². The molecule has 0 fully saturated rings. The van der Waals surface area contributed by atoms with Crippen LogP contribution in [0.3, 0.4) is 0 Å². The van der Waals surface area contributed by atoms with Gasteiger partial charge in [-0.15, -0.1) is 11.6 Å². The van der Waals surface area contributed by atoms with E-state index in [2.05, 4.69) is 11.1 Å². The second-order valence-corrected chi connectivity index (χ2v) is 5.14. The molecule has 0 aliphatic carbocycles. The molecule has 1 aromatic heterocycles. The lowest BCUT2D eigenvalue weighted by Crippen LogP contribution is -2.12. The average molecular weight is 314 g/mol. The van der Waals surface area contributed by atoms with E-state index < -0.39 is 13.0 Å². The molecular formula is C14H14ClF2N3O. The van der Waals surface area contributed by atoms with Gasteiger partial charge in [0.15, 0.2) is 0 Å². The third-order valence-electron chi connectivity index (χ3n) is 2.99. The molecule has 1 unspecified atom stereocenters. The Kier molecular flexibility index (Phi) is 5.10. The summed E-state index contributed by atoms with van der Waals surface area (Å²) in [5, 5.41) is 8.75. The van der Waals surface area contributed by atoms with E-state index in [1.54, 1.807) is 23.6 Å². The summed E-state index contributed by atoms with van der Waals surface area (Å²) in [5.41, 5.74) is 1.77. The molecule has 1 heterocycles. The molecule has 1 atom stereocenters. The van der Waals surface area contributed by atoms with Gasteiger partial charge >= 0.3 is 0 Å². The maximum Gasteiger partial charge on any atom is 0.261 e. The summed E-state index contributed by atoms with van der Waals surface area (Å²) < 4.78 is 30.8. The second kappa shape index (κ2) is 6.83. The Morgan fingerprint density at radius 3 is 2.86 bits per heavy atom. The summed E-state index contributed by atoms with van der Waals surface area (Å²) in [7, 11) is 0. The van der Waals surface area contributed by atoms with Gasteiger partial charge in [0.1, 0.15) is 24.0 Å². The minimum atomic E-state index is -2.49. The Hall–Kier alpha value is -1.71. The lowest BCUT2D eigenvalue weighted by atomic mass is 10.2. The van der Waals surface area contributed by atoms with Crippen LogP contribution in [0.2, 0.25) is 0 Å². The molecule has 2 rings (SSSR count). The van der Waals surface area contributed by atoms with Crippen molar-refractivity contribution in [3.63, 3.8) is 0 Å². The Morgan fingerprint density at radius 2 is 2.24 bits per heavy atom. The molecule has 21 heavy (non-hydrogen) atoms. The van der Waals surface area contributed by atoms with Gasteiger partial charge < -0.3 is 9.30 Å². The SMILES string of the molecule is CC(Cl)c1nc2c(C#N)cccc2n1CCOCC(F)F. The molecule has 4 nitrogen and oxygen atoms in total. The highest BCUT2D eigenvalue weighted by atomic mass is 35.5. The number of aromatic nitrogens is 2. The highest BCUT2D eigenvalue weighted by Gasteiger charge is 2.17. The van der Waals surface area contributed by atoms with Crippen molar-refractivity contribution in [3.8, 4) is 6.07 Å². The van der Waals surface area contributed by atoms with Crippen molar-refractivity contribution < 1.29 is 13.5 Å². The van der Waals surface area contributed by atoms with Gasteiger partial charge in [-0.3, -0.25) is 0 Å². The van der Waals surface area contributed by atoms with E-state index in [1.165, 1.54) is 0 Å². The zero-order chi connectivity index (χ0) is 15.4. The molecule has 112 valence electrons. The van der Waals surface area contributed by atoms with Gasteiger partial charge in [0.25, 0.3) is 6.43 Å². The number of benzene rings is 1. The van der Waals surface area contributed by atoms with E-state index in [4.69, 9.17) is 21.6 Å². The molecule has 0 saturated carbocycles. The van der Waals surface area contributed by atoms with Crippen LogP contribution in [0.15, 0.2) is 18.2 Å². The maximum atomic E-state index is 12.1. The van der Waals surface area contributed by atoms with Crippen LogP contribution >= 0.6 is 11.6 Å². The minimum absolute atomic E-state index is 0.128. The van der Waals surface area contributed by atoms with E-state index >= 15 is 0 Å². The molecule has 0 spiro atoms. The highest BCUT2D eigenvalue weighted by Crippen LogP contribution is 2.26. The van der Waals surface area contributed by atoms with E-state index in [0.29, 0.717) is 23.4 Å². The maximum absolute atomic E-state index is 12.1. The monoisotopic (exact) mass is 313 g/mol. The van der Waals surface area contributed by atoms with Gasteiger partial charge in [0, 0.05) is 6.54 Å². The van der Waals surface area contributed by atoms with Crippen molar-refractivity contribution in [2.75, 3.05) is 13.2 Å². The van der Waals surface area contributed by atoms with Gasteiger partial charge in [-0.25, -0.2) is 13.8 Å². The van der Waals surface area contributed by atoms with Gasteiger partial charge in [-0.2, -0.15) is 5.26 Å². The van der Waals surface area contributed by atoms with Gasteiger partial charge in [-0.1, -0.05) is 6.07 Å². The first-order valence-corrected chi connectivity index (χ1v) is 6.87. The number of hydrogen-bond donors (Lipinski definition) is 0.